The van der Waals surface area contributed by atoms with Gasteiger partial charge in [-0.1, -0.05) is 0 Å². The van der Waals surface area contributed by atoms with E-state index in [9.17, 15) is 9.18 Å². The summed E-state index contributed by atoms with van der Waals surface area (Å²) in [6, 6.07) is 5.02. The maximum atomic E-state index is 13.3. The van der Waals surface area contributed by atoms with Gasteiger partial charge in [0, 0.05) is 30.7 Å². The number of piperidine rings is 1. The maximum Gasteiger partial charge on any atom is 0.263 e. The lowest BCUT2D eigenvalue weighted by Crippen LogP contribution is -2.48. The molecule has 0 spiro atoms. The zero-order valence-corrected chi connectivity index (χ0v) is 15.1. The molecule has 1 N–H and O–H groups in total. The number of rotatable bonds is 4. The zero-order chi connectivity index (χ0) is 17.4. The summed E-state index contributed by atoms with van der Waals surface area (Å²) in [7, 11) is 0. The van der Waals surface area contributed by atoms with Crippen molar-refractivity contribution in [3.63, 3.8) is 0 Å². The molecule has 4 rings (SSSR count). The quantitative estimate of drug-likeness (QED) is 0.901. The van der Waals surface area contributed by atoms with Crippen molar-refractivity contribution >= 4 is 22.9 Å². The van der Waals surface area contributed by atoms with Gasteiger partial charge in [0.15, 0.2) is 0 Å². The van der Waals surface area contributed by atoms with Crippen molar-refractivity contribution in [2.45, 2.75) is 44.6 Å². The molecular weight excluding hydrogens is 337 g/mol. The number of aryl methyl sites for hydroxylation is 1. The standard InChI is InChI=1S/C19H22FN3OS/c1-12-9-14(20)6-7-16(12)23-8-2-3-15(10-23)22-19(24)18-17(13-4-5-13)21-11-25-18/h6-7,9,11,13,15H,2-5,8,10H2,1H3,(H,22,24)/t15-/m1/s1. The monoisotopic (exact) mass is 359 g/mol. The van der Waals surface area contributed by atoms with Crippen molar-refractivity contribution in [2.24, 2.45) is 0 Å². The van der Waals surface area contributed by atoms with Crippen LogP contribution in [0.3, 0.4) is 0 Å². The zero-order valence-electron chi connectivity index (χ0n) is 14.3. The van der Waals surface area contributed by atoms with E-state index in [4.69, 9.17) is 0 Å². The minimum atomic E-state index is -0.207. The highest BCUT2D eigenvalue weighted by Crippen LogP contribution is 2.41. The molecule has 1 aliphatic carbocycles. The van der Waals surface area contributed by atoms with Gasteiger partial charge in [0.05, 0.1) is 11.2 Å². The molecule has 1 aromatic heterocycles. The summed E-state index contributed by atoms with van der Waals surface area (Å²) < 4.78 is 13.3. The Morgan fingerprint density at radius 1 is 1.36 bits per heavy atom. The number of anilines is 1. The van der Waals surface area contributed by atoms with Crippen LogP contribution in [0.1, 0.15) is 52.5 Å². The van der Waals surface area contributed by atoms with E-state index >= 15 is 0 Å². The van der Waals surface area contributed by atoms with Gasteiger partial charge < -0.3 is 10.2 Å². The number of amides is 1. The molecule has 132 valence electrons. The fourth-order valence-electron chi connectivity index (χ4n) is 3.61. The Kier molecular flexibility index (Phi) is 4.46. The number of benzene rings is 1. The average molecular weight is 359 g/mol. The minimum absolute atomic E-state index is 0.00655. The first kappa shape index (κ1) is 16.5. The normalized spacial score (nSPS) is 20.6. The fourth-order valence-corrected chi connectivity index (χ4v) is 4.39. The van der Waals surface area contributed by atoms with Crippen LogP contribution < -0.4 is 10.2 Å². The SMILES string of the molecule is Cc1cc(F)ccc1N1CCC[C@@H](NC(=O)c2scnc2C2CC2)C1. The topological polar surface area (TPSA) is 45.2 Å². The van der Waals surface area contributed by atoms with Gasteiger partial charge >= 0.3 is 0 Å². The number of hydrogen-bond acceptors (Lipinski definition) is 4. The van der Waals surface area contributed by atoms with Gasteiger partial charge in [0.2, 0.25) is 0 Å². The first-order valence-corrected chi connectivity index (χ1v) is 9.75. The molecule has 25 heavy (non-hydrogen) atoms. The van der Waals surface area contributed by atoms with E-state index in [1.165, 1.54) is 17.4 Å². The highest BCUT2D eigenvalue weighted by Gasteiger charge is 2.31. The largest absolute Gasteiger partial charge is 0.369 e. The highest BCUT2D eigenvalue weighted by molar-refractivity contribution is 7.11. The number of thiazole rings is 1. The van der Waals surface area contributed by atoms with Crippen LogP contribution in [0.4, 0.5) is 10.1 Å². The third kappa shape index (κ3) is 3.54. The molecule has 2 aliphatic rings. The number of nitrogens with zero attached hydrogens (tertiary/aromatic N) is 2. The van der Waals surface area contributed by atoms with Gasteiger partial charge in [0.25, 0.3) is 5.91 Å². The Balaban J connectivity index is 1.44. The smallest absolute Gasteiger partial charge is 0.263 e. The summed E-state index contributed by atoms with van der Waals surface area (Å²) in [5, 5.41) is 3.19. The average Bonchev–Trinajstić information content (AvgIpc) is 3.31. The summed E-state index contributed by atoms with van der Waals surface area (Å²) in [5.74, 6) is 0.282. The molecule has 1 saturated carbocycles. The Hall–Kier alpha value is -1.95. The van der Waals surface area contributed by atoms with Crippen LogP contribution in [0, 0.1) is 12.7 Å². The van der Waals surface area contributed by atoms with Crippen molar-refractivity contribution < 1.29 is 9.18 Å². The van der Waals surface area contributed by atoms with Crippen LogP contribution in [-0.4, -0.2) is 30.0 Å². The van der Waals surface area contributed by atoms with Crippen LogP contribution in [0.25, 0.3) is 0 Å². The molecule has 6 heteroatoms. The van der Waals surface area contributed by atoms with Gasteiger partial charge in [-0.15, -0.1) is 11.3 Å². The van der Waals surface area contributed by atoms with Crippen molar-refractivity contribution in [2.75, 3.05) is 18.0 Å². The predicted molar refractivity (Wildman–Crippen MR) is 97.9 cm³/mol. The van der Waals surface area contributed by atoms with Gasteiger partial charge in [-0.05, 0) is 56.4 Å². The van der Waals surface area contributed by atoms with Gasteiger partial charge in [-0.2, -0.15) is 0 Å². The highest BCUT2D eigenvalue weighted by atomic mass is 32.1. The van der Waals surface area contributed by atoms with E-state index < -0.39 is 0 Å². The van der Waals surface area contributed by atoms with Crippen LogP contribution in [0.2, 0.25) is 0 Å². The second kappa shape index (κ2) is 6.75. The van der Waals surface area contributed by atoms with Crippen molar-refractivity contribution in [3.8, 4) is 0 Å². The summed E-state index contributed by atoms with van der Waals surface area (Å²) in [5.41, 5.74) is 4.74. The Labute approximate surface area is 151 Å². The van der Waals surface area contributed by atoms with E-state index in [1.807, 2.05) is 13.0 Å². The number of aromatic nitrogens is 1. The van der Waals surface area contributed by atoms with Gasteiger partial charge in [-0.3, -0.25) is 4.79 Å². The molecule has 2 fully saturated rings. The molecule has 1 atom stereocenters. The number of hydrogen-bond donors (Lipinski definition) is 1. The molecule has 1 aromatic carbocycles. The van der Waals surface area contributed by atoms with Crippen molar-refractivity contribution in [1.82, 2.24) is 10.3 Å². The van der Waals surface area contributed by atoms with Crippen LogP contribution in [0.15, 0.2) is 23.7 Å². The molecule has 2 aromatic rings. The molecule has 0 bridgehead atoms. The van der Waals surface area contributed by atoms with E-state index in [-0.39, 0.29) is 17.8 Å². The number of nitrogens with one attached hydrogen (secondary N) is 1. The first-order chi connectivity index (χ1) is 12.1. The molecule has 2 heterocycles. The van der Waals surface area contributed by atoms with E-state index in [1.54, 1.807) is 11.6 Å². The lowest BCUT2D eigenvalue weighted by atomic mass is 10.0. The lowest BCUT2D eigenvalue weighted by molar-refractivity contribution is 0.0936. The second-order valence-electron chi connectivity index (χ2n) is 7.03. The third-order valence-electron chi connectivity index (χ3n) is 5.02. The van der Waals surface area contributed by atoms with E-state index in [2.05, 4.69) is 15.2 Å². The van der Waals surface area contributed by atoms with Crippen LogP contribution >= 0.6 is 11.3 Å². The number of carbonyl (C=O) groups is 1. The summed E-state index contributed by atoms with van der Waals surface area (Å²) in [6.45, 7) is 3.63. The molecule has 4 nitrogen and oxygen atoms in total. The fraction of sp³-hybridized carbons (Fsp3) is 0.474. The second-order valence-corrected chi connectivity index (χ2v) is 7.89. The molecule has 0 radical (unpaired) electrons. The summed E-state index contributed by atoms with van der Waals surface area (Å²) in [6.07, 6.45) is 4.27. The Morgan fingerprint density at radius 3 is 2.96 bits per heavy atom. The molecular formula is C19H22FN3OS. The van der Waals surface area contributed by atoms with Gasteiger partial charge in [-0.25, -0.2) is 9.37 Å². The van der Waals surface area contributed by atoms with Crippen LogP contribution in [0.5, 0.6) is 0 Å². The van der Waals surface area contributed by atoms with Crippen molar-refractivity contribution in [1.29, 1.82) is 0 Å². The molecule has 1 amide bonds. The first-order valence-electron chi connectivity index (χ1n) is 8.87. The molecule has 1 aliphatic heterocycles. The van der Waals surface area contributed by atoms with E-state index in [0.717, 1.165) is 60.6 Å². The van der Waals surface area contributed by atoms with Crippen molar-refractivity contribution in [3.05, 3.63) is 45.7 Å². The molecule has 0 unspecified atom stereocenters. The maximum absolute atomic E-state index is 13.3. The Morgan fingerprint density at radius 2 is 2.20 bits per heavy atom. The predicted octanol–water partition coefficient (Wildman–Crippen LogP) is 3.87. The summed E-state index contributed by atoms with van der Waals surface area (Å²) >= 11 is 1.44. The number of halogens is 1. The minimum Gasteiger partial charge on any atom is -0.369 e. The third-order valence-corrected chi connectivity index (χ3v) is 5.86. The summed E-state index contributed by atoms with van der Waals surface area (Å²) in [4.78, 5) is 20.1. The molecule has 1 saturated heterocycles. The number of carbonyl (C=O) groups excluding carboxylic acids is 1. The van der Waals surface area contributed by atoms with E-state index in [0.29, 0.717) is 5.92 Å². The van der Waals surface area contributed by atoms with Gasteiger partial charge in [0.1, 0.15) is 10.7 Å². The lowest BCUT2D eigenvalue weighted by Gasteiger charge is -2.35. The van der Waals surface area contributed by atoms with Crippen LogP contribution in [-0.2, 0) is 0 Å². The Bertz CT molecular complexity index is 787.